The summed E-state index contributed by atoms with van der Waals surface area (Å²) in [5, 5.41) is 12.5. The molecular weight excluding hydrogens is 532 g/mol. The monoisotopic (exact) mass is 584 g/mol. The molecule has 2 fully saturated rings. The number of morpholine rings is 1. The predicted molar refractivity (Wildman–Crippen MR) is 153 cm³/mol. The number of nitrogens with zero attached hydrogens (tertiary/aromatic N) is 3. The summed E-state index contributed by atoms with van der Waals surface area (Å²) in [7, 11) is 4.73. The van der Waals surface area contributed by atoms with E-state index in [1.165, 1.54) is 14.2 Å². The molecule has 2 N–H and O–H groups in total. The number of urea groups is 1. The van der Waals surface area contributed by atoms with Gasteiger partial charge >= 0.3 is 12.0 Å². The highest BCUT2D eigenvalue weighted by atomic mass is 16.5. The van der Waals surface area contributed by atoms with E-state index in [4.69, 9.17) is 14.2 Å². The summed E-state index contributed by atoms with van der Waals surface area (Å²) in [5.41, 5.74) is 0. The Hall–Kier alpha value is -2.44. The van der Waals surface area contributed by atoms with Crippen molar-refractivity contribution < 1.29 is 38.5 Å². The molecule has 0 aliphatic carbocycles. The lowest BCUT2D eigenvalue weighted by Gasteiger charge is -2.41. The number of methoxy groups -OCH3 is 2. The van der Waals surface area contributed by atoms with E-state index in [-0.39, 0.29) is 42.1 Å². The van der Waals surface area contributed by atoms with Gasteiger partial charge < -0.3 is 39.3 Å². The molecule has 4 amide bonds. The van der Waals surface area contributed by atoms with Gasteiger partial charge in [-0.05, 0) is 31.6 Å². The van der Waals surface area contributed by atoms with E-state index in [9.17, 15) is 24.3 Å². The third-order valence-electron chi connectivity index (χ3n) is 8.74. The molecule has 0 spiro atoms. The van der Waals surface area contributed by atoms with Crippen LogP contribution in [0.5, 0.6) is 0 Å². The van der Waals surface area contributed by atoms with Gasteiger partial charge in [0.25, 0.3) is 0 Å². The maximum absolute atomic E-state index is 13.9. The Morgan fingerprint density at radius 2 is 1.68 bits per heavy atom. The highest BCUT2D eigenvalue weighted by Gasteiger charge is 2.42. The van der Waals surface area contributed by atoms with E-state index in [2.05, 4.69) is 5.32 Å². The van der Waals surface area contributed by atoms with Gasteiger partial charge in [-0.2, -0.15) is 0 Å². The molecule has 41 heavy (non-hydrogen) atoms. The highest BCUT2D eigenvalue weighted by molar-refractivity contribution is 5.87. The number of aliphatic carboxylic acids is 1. The summed E-state index contributed by atoms with van der Waals surface area (Å²) in [5.74, 6) is -2.30. The van der Waals surface area contributed by atoms with Gasteiger partial charge in [-0.25, -0.2) is 4.79 Å². The number of carboxylic acid groups (broad SMARTS) is 1. The van der Waals surface area contributed by atoms with Crippen molar-refractivity contribution in [3.63, 3.8) is 0 Å². The standard InChI is InChI=1S/C29H52N4O8/c1-9-19(4)25(31(6)27(35)24(18(2)3)30-29(38)32-13-15-41-16-14-32)22(39-7)17-23(34)33-12-10-11-21(33)26(40-8)20(5)28(36)37/h18-22,24-26H,9-17H2,1-8H3,(H,30,38)(H,36,37)/t19-,20+,21-,22+,24-,25-,26+/m0/s1. The molecule has 236 valence electrons. The zero-order valence-corrected chi connectivity index (χ0v) is 26.1. The Balaban J connectivity index is 2.23. The molecule has 2 saturated heterocycles. The minimum Gasteiger partial charge on any atom is -0.481 e. The van der Waals surface area contributed by atoms with Crippen LogP contribution in [0.2, 0.25) is 0 Å². The van der Waals surface area contributed by atoms with Crippen molar-refractivity contribution in [1.29, 1.82) is 0 Å². The molecule has 12 heteroatoms. The SMILES string of the molecule is CC[C@H](C)[C@@H]([C@@H](CC(=O)N1CCC[C@H]1[C@H](OC)[C@@H](C)C(=O)O)OC)N(C)C(=O)[C@@H](NC(=O)N1CCOCC1)C(C)C. The van der Waals surface area contributed by atoms with Crippen LogP contribution in [0.25, 0.3) is 0 Å². The number of carbonyl (C=O) groups excluding carboxylic acids is 3. The van der Waals surface area contributed by atoms with Crippen LogP contribution >= 0.6 is 0 Å². The van der Waals surface area contributed by atoms with Crippen LogP contribution in [-0.4, -0.2) is 128 Å². The van der Waals surface area contributed by atoms with E-state index in [0.29, 0.717) is 39.3 Å². The molecule has 2 heterocycles. The van der Waals surface area contributed by atoms with Crippen molar-refractivity contribution in [2.45, 2.75) is 90.6 Å². The first kappa shape index (κ1) is 34.8. The number of hydrogen-bond acceptors (Lipinski definition) is 7. The number of nitrogens with one attached hydrogen (secondary N) is 1. The third kappa shape index (κ3) is 8.78. The highest BCUT2D eigenvalue weighted by Crippen LogP contribution is 2.29. The second kappa shape index (κ2) is 16.3. The summed E-state index contributed by atoms with van der Waals surface area (Å²) in [6.07, 6.45) is 0.962. The Kier molecular flexibility index (Phi) is 13.8. The first-order chi connectivity index (χ1) is 19.4. The van der Waals surface area contributed by atoms with Crippen molar-refractivity contribution in [3.05, 3.63) is 0 Å². The first-order valence-corrected chi connectivity index (χ1v) is 14.9. The molecule has 7 atom stereocenters. The number of likely N-dealkylation sites (N-methyl/N-ethyl adjacent to an activating group) is 1. The Bertz CT molecular complexity index is 881. The fourth-order valence-electron chi connectivity index (χ4n) is 6.02. The Morgan fingerprint density at radius 1 is 1.05 bits per heavy atom. The quantitative estimate of drug-likeness (QED) is 0.317. The maximum atomic E-state index is 13.9. The number of likely N-dealkylation sites (tertiary alicyclic amines) is 1. The zero-order valence-electron chi connectivity index (χ0n) is 26.1. The van der Waals surface area contributed by atoms with Crippen LogP contribution in [0.1, 0.15) is 60.3 Å². The molecule has 2 rings (SSSR count). The third-order valence-corrected chi connectivity index (χ3v) is 8.74. The number of hydrogen-bond donors (Lipinski definition) is 2. The van der Waals surface area contributed by atoms with Crippen molar-refractivity contribution >= 4 is 23.8 Å². The minimum absolute atomic E-state index is 0.00223. The summed E-state index contributed by atoms with van der Waals surface area (Å²) in [4.78, 5) is 57.2. The molecule has 0 aromatic rings. The van der Waals surface area contributed by atoms with Crippen molar-refractivity contribution in [3.8, 4) is 0 Å². The van der Waals surface area contributed by atoms with Crippen molar-refractivity contribution in [1.82, 2.24) is 20.0 Å². The largest absolute Gasteiger partial charge is 0.481 e. The number of ether oxygens (including phenoxy) is 3. The van der Waals surface area contributed by atoms with Crippen LogP contribution < -0.4 is 5.32 Å². The van der Waals surface area contributed by atoms with Crippen molar-refractivity contribution in [2.75, 3.05) is 54.1 Å². The lowest BCUT2D eigenvalue weighted by atomic mass is 9.89. The molecule has 0 unspecified atom stereocenters. The number of rotatable bonds is 14. The molecule has 0 aromatic heterocycles. The van der Waals surface area contributed by atoms with Crippen LogP contribution in [0, 0.1) is 17.8 Å². The molecule has 2 aliphatic rings. The van der Waals surface area contributed by atoms with Crippen LogP contribution in [-0.2, 0) is 28.6 Å². The van der Waals surface area contributed by atoms with Crippen LogP contribution in [0.15, 0.2) is 0 Å². The lowest BCUT2D eigenvalue weighted by Crippen LogP contribution is -2.59. The maximum Gasteiger partial charge on any atom is 0.318 e. The van der Waals surface area contributed by atoms with Gasteiger partial charge in [0.1, 0.15) is 6.04 Å². The average molecular weight is 585 g/mol. The van der Waals surface area contributed by atoms with Crippen LogP contribution in [0.4, 0.5) is 4.79 Å². The predicted octanol–water partition coefficient (Wildman–Crippen LogP) is 2.06. The molecule has 12 nitrogen and oxygen atoms in total. The molecule has 0 aromatic carbocycles. The smallest absolute Gasteiger partial charge is 0.318 e. The van der Waals surface area contributed by atoms with Gasteiger partial charge in [0.2, 0.25) is 11.8 Å². The fraction of sp³-hybridized carbons (Fsp3) is 0.862. The van der Waals surface area contributed by atoms with E-state index in [1.807, 2.05) is 27.7 Å². The van der Waals surface area contributed by atoms with E-state index < -0.39 is 36.2 Å². The van der Waals surface area contributed by atoms with Gasteiger partial charge in [-0.1, -0.05) is 34.1 Å². The van der Waals surface area contributed by atoms with E-state index >= 15 is 0 Å². The molecule has 0 saturated carbocycles. The van der Waals surface area contributed by atoms with Crippen molar-refractivity contribution in [2.24, 2.45) is 17.8 Å². The average Bonchev–Trinajstić information content (AvgIpc) is 3.44. The molecule has 0 radical (unpaired) electrons. The van der Waals surface area contributed by atoms with E-state index in [1.54, 1.807) is 28.7 Å². The van der Waals surface area contributed by atoms with Gasteiger partial charge in [0, 0.05) is 40.9 Å². The molecule has 2 aliphatic heterocycles. The Labute approximate surface area is 245 Å². The zero-order chi connectivity index (χ0) is 30.9. The summed E-state index contributed by atoms with van der Waals surface area (Å²) in [6.45, 7) is 11.8. The van der Waals surface area contributed by atoms with Gasteiger partial charge in [-0.15, -0.1) is 0 Å². The van der Waals surface area contributed by atoms with Gasteiger partial charge in [-0.3, -0.25) is 14.4 Å². The second-order valence-electron chi connectivity index (χ2n) is 11.7. The summed E-state index contributed by atoms with van der Waals surface area (Å²) in [6, 6.07) is -1.83. The number of amides is 4. The molecule has 0 bridgehead atoms. The summed E-state index contributed by atoms with van der Waals surface area (Å²) >= 11 is 0. The minimum atomic E-state index is -0.969. The fourth-order valence-corrected chi connectivity index (χ4v) is 6.02. The summed E-state index contributed by atoms with van der Waals surface area (Å²) < 4.78 is 16.8. The Morgan fingerprint density at radius 3 is 2.20 bits per heavy atom. The number of carboxylic acids is 1. The van der Waals surface area contributed by atoms with Crippen LogP contribution in [0.3, 0.4) is 0 Å². The number of carbonyl (C=O) groups is 4. The first-order valence-electron chi connectivity index (χ1n) is 14.9. The topological polar surface area (TPSA) is 138 Å². The molecular formula is C29H52N4O8. The second-order valence-corrected chi connectivity index (χ2v) is 11.7. The lowest BCUT2D eigenvalue weighted by molar-refractivity contribution is -0.152. The van der Waals surface area contributed by atoms with Gasteiger partial charge in [0.15, 0.2) is 0 Å². The normalized spacial score (nSPS) is 22.0. The van der Waals surface area contributed by atoms with E-state index in [0.717, 1.165) is 12.8 Å². The van der Waals surface area contributed by atoms with Gasteiger partial charge in [0.05, 0.1) is 49.8 Å².